The predicted octanol–water partition coefficient (Wildman–Crippen LogP) is 4.06. The van der Waals surface area contributed by atoms with Crippen molar-refractivity contribution in [1.29, 1.82) is 5.26 Å². The molecule has 5 heteroatoms. The number of hydrogen-bond acceptors (Lipinski definition) is 2. The maximum absolute atomic E-state index is 12.5. The summed E-state index contributed by atoms with van der Waals surface area (Å²) in [4.78, 5) is 0. The van der Waals surface area contributed by atoms with E-state index in [1.54, 1.807) is 18.2 Å². The number of benzene rings is 1. The minimum absolute atomic E-state index is 0.239. The van der Waals surface area contributed by atoms with Crippen LogP contribution in [0.1, 0.15) is 26.3 Å². The van der Waals surface area contributed by atoms with E-state index in [1.807, 2.05) is 26.8 Å². The Labute approximate surface area is 110 Å². The summed E-state index contributed by atoms with van der Waals surface area (Å²) in [5.74, 6) is -1.72. The molecule has 0 spiro atoms. The number of ether oxygens (including phenoxy) is 1. The molecule has 0 saturated heterocycles. The Morgan fingerprint density at radius 2 is 1.79 bits per heavy atom. The fraction of sp³-hybridized carbons (Fsp3) is 0.500. The fourth-order valence-corrected chi connectivity index (χ4v) is 1.59. The van der Waals surface area contributed by atoms with Crippen LogP contribution in [0.2, 0.25) is 0 Å². The topological polar surface area (TPSA) is 33.0 Å². The first-order valence-corrected chi connectivity index (χ1v) is 5.85. The van der Waals surface area contributed by atoms with E-state index in [2.05, 4.69) is 0 Å². The van der Waals surface area contributed by atoms with Crippen molar-refractivity contribution in [2.24, 2.45) is 5.92 Å². The number of halogens is 3. The van der Waals surface area contributed by atoms with Gasteiger partial charge in [0.25, 0.3) is 0 Å². The minimum Gasteiger partial charge on any atom is -0.492 e. The second kappa shape index (κ2) is 5.52. The maximum atomic E-state index is 12.5. The molecule has 0 N–H and O–H groups in total. The first-order chi connectivity index (χ1) is 8.66. The Hall–Kier alpha value is -1.70. The molecule has 0 aliphatic heterocycles. The van der Waals surface area contributed by atoms with Gasteiger partial charge in [-0.25, -0.2) is 0 Å². The van der Waals surface area contributed by atoms with Crippen LogP contribution in [0.4, 0.5) is 13.2 Å². The van der Waals surface area contributed by atoms with Crippen molar-refractivity contribution in [2.75, 3.05) is 6.61 Å². The third-order valence-electron chi connectivity index (χ3n) is 2.65. The highest BCUT2D eigenvalue weighted by molar-refractivity contribution is 5.38. The molecule has 0 heterocycles. The molecular formula is C14H16F3NO. The van der Waals surface area contributed by atoms with Crippen LogP contribution in [0.3, 0.4) is 0 Å². The molecule has 0 bridgehead atoms. The van der Waals surface area contributed by atoms with E-state index in [-0.39, 0.29) is 5.41 Å². The van der Waals surface area contributed by atoms with E-state index in [1.165, 1.54) is 6.07 Å². The first-order valence-electron chi connectivity index (χ1n) is 5.85. The Morgan fingerprint density at radius 3 is 2.26 bits per heavy atom. The molecule has 2 nitrogen and oxygen atoms in total. The molecule has 1 unspecified atom stereocenters. The van der Waals surface area contributed by atoms with Crippen LogP contribution in [-0.2, 0) is 5.41 Å². The van der Waals surface area contributed by atoms with E-state index < -0.39 is 18.7 Å². The van der Waals surface area contributed by atoms with Gasteiger partial charge in [-0.3, -0.25) is 0 Å². The average Bonchev–Trinajstić information content (AvgIpc) is 2.27. The van der Waals surface area contributed by atoms with Gasteiger partial charge in [0.2, 0.25) is 0 Å². The summed E-state index contributed by atoms with van der Waals surface area (Å²) in [5.41, 5.74) is 0.575. The minimum atomic E-state index is -4.56. The Balaban J connectivity index is 2.88. The zero-order valence-corrected chi connectivity index (χ0v) is 11.1. The molecule has 1 rings (SSSR count). The molecule has 0 aromatic heterocycles. The van der Waals surface area contributed by atoms with Crippen molar-refractivity contribution in [3.63, 3.8) is 0 Å². The van der Waals surface area contributed by atoms with Gasteiger partial charge in [-0.15, -0.1) is 0 Å². The highest BCUT2D eigenvalue weighted by Gasteiger charge is 2.40. The molecule has 19 heavy (non-hydrogen) atoms. The van der Waals surface area contributed by atoms with Crippen molar-refractivity contribution in [3.8, 4) is 11.8 Å². The van der Waals surface area contributed by atoms with Gasteiger partial charge in [0.1, 0.15) is 12.4 Å². The Kier molecular flexibility index (Phi) is 4.46. The van der Waals surface area contributed by atoms with Crippen LogP contribution in [0.25, 0.3) is 0 Å². The van der Waals surface area contributed by atoms with Gasteiger partial charge in [-0.1, -0.05) is 39.0 Å². The van der Waals surface area contributed by atoms with Crippen LogP contribution in [0, 0.1) is 17.2 Å². The standard InChI is InChI=1S/C14H16F3NO/c1-13(2,3)11-6-4-5-7-12(11)19-9-10(8-18)14(15,16)17/h4-7,10H,9H2,1-3H3. The lowest BCUT2D eigenvalue weighted by Crippen LogP contribution is -2.27. The quantitative estimate of drug-likeness (QED) is 0.830. The summed E-state index contributed by atoms with van der Waals surface area (Å²) in [6.07, 6.45) is -4.56. The maximum Gasteiger partial charge on any atom is 0.407 e. The van der Waals surface area contributed by atoms with Gasteiger partial charge in [0.15, 0.2) is 5.92 Å². The van der Waals surface area contributed by atoms with Gasteiger partial charge in [-0.2, -0.15) is 18.4 Å². The lowest BCUT2D eigenvalue weighted by molar-refractivity contribution is -0.165. The molecule has 0 aliphatic carbocycles. The van der Waals surface area contributed by atoms with Gasteiger partial charge >= 0.3 is 6.18 Å². The Bertz CT molecular complexity index is 469. The largest absolute Gasteiger partial charge is 0.492 e. The summed E-state index contributed by atoms with van der Waals surface area (Å²) >= 11 is 0. The second-order valence-electron chi connectivity index (χ2n) is 5.28. The highest BCUT2D eigenvalue weighted by atomic mass is 19.4. The number of nitriles is 1. The fourth-order valence-electron chi connectivity index (χ4n) is 1.59. The molecule has 104 valence electrons. The molecule has 1 atom stereocenters. The highest BCUT2D eigenvalue weighted by Crippen LogP contribution is 2.32. The second-order valence-corrected chi connectivity index (χ2v) is 5.28. The van der Waals surface area contributed by atoms with Gasteiger partial charge in [0, 0.05) is 0 Å². The van der Waals surface area contributed by atoms with Crippen molar-refractivity contribution in [3.05, 3.63) is 29.8 Å². The molecular weight excluding hydrogens is 255 g/mol. The summed E-state index contributed by atoms with van der Waals surface area (Å²) in [6, 6.07) is 8.15. The van der Waals surface area contributed by atoms with Crippen LogP contribution >= 0.6 is 0 Å². The summed E-state index contributed by atoms with van der Waals surface area (Å²) < 4.78 is 42.6. The van der Waals surface area contributed by atoms with Crippen LogP contribution in [-0.4, -0.2) is 12.8 Å². The van der Waals surface area contributed by atoms with Crippen LogP contribution in [0.5, 0.6) is 5.75 Å². The van der Waals surface area contributed by atoms with E-state index >= 15 is 0 Å². The number of nitrogens with zero attached hydrogens (tertiary/aromatic N) is 1. The number of alkyl halides is 3. The number of para-hydroxylation sites is 1. The zero-order valence-electron chi connectivity index (χ0n) is 11.1. The van der Waals surface area contributed by atoms with E-state index in [9.17, 15) is 13.2 Å². The van der Waals surface area contributed by atoms with Crippen molar-refractivity contribution in [1.82, 2.24) is 0 Å². The lowest BCUT2D eigenvalue weighted by Gasteiger charge is -2.23. The zero-order chi connectivity index (χ0) is 14.7. The molecule has 0 fully saturated rings. The van der Waals surface area contributed by atoms with Crippen LogP contribution in [0.15, 0.2) is 24.3 Å². The monoisotopic (exact) mass is 271 g/mol. The molecule has 1 aromatic rings. The molecule has 1 aromatic carbocycles. The molecule has 0 aliphatic rings. The van der Waals surface area contributed by atoms with Gasteiger partial charge in [0.05, 0.1) is 6.07 Å². The summed E-state index contributed by atoms with van der Waals surface area (Å²) in [5, 5.41) is 8.52. The molecule has 0 amide bonds. The van der Waals surface area contributed by atoms with Crippen LogP contribution < -0.4 is 4.74 Å². The third-order valence-corrected chi connectivity index (χ3v) is 2.65. The SMILES string of the molecule is CC(C)(C)c1ccccc1OCC(C#N)C(F)(F)F. The van der Waals surface area contributed by atoms with Crippen molar-refractivity contribution < 1.29 is 17.9 Å². The lowest BCUT2D eigenvalue weighted by atomic mass is 9.86. The number of hydrogen-bond donors (Lipinski definition) is 0. The normalized spacial score (nSPS) is 13.7. The van der Waals surface area contributed by atoms with E-state index in [0.717, 1.165) is 5.56 Å². The molecule has 0 saturated carbocycles. The molecule has 0 radical (unpaired) electrons. The van der Waals surface area contributed by atoms with Crippen molar-refractivity contribution in [2.45, 2.75) is 32.4 Å². The van der Waals surface area contributed by atoms with Gasteiger partial charge in [-0.05, 0) is 17.0 Å². The van der Waals surface area contributed by atoms with Crippen molar-refractivity contribution >= 4 is 0 Å². The number of rotatable bonds is 3. The smallest absolute Gasteiger partial charge is 0.407 e. The average molecular weight is 271 g/mol. The van der Waals surface area contributed by atoms with Gasteiger partial charge < -0.3 is 4.74 Å². The van der Waals surface area contributed by atoms with E-state index in [0.29, 0.717) is 5.75 Å². The first kappa shape index (κ1) is 15.4. The summed E-state index contributed by atoms with van der Waals surface area (Å²) in [6.45, 7) is 5.15. The summed E-state index contributed by atoms with van der Waals surface area (Å²) in [7, 11) is 0. The third kappa shape index (κ3) is 4.16. The Morgan fingerprint density at radius 1 is 1.21 bits per heavy atom. The van der Waals surface area contributed by atoms with E-state index in [4.69, 9.17) is 10.00 Å². The predicted molar refractivity (Wildman–Crippen MR) is 65.8 cm³/mol.